The molecule has 0 radical (unpaired) electrons. The number of benzene rings is 1. The van der Waals surface area contributed by atoms with E-state index in [1.165, 1.54) is 6.33 Å². The van der Waals surface area contributed by atoms with Crippen molar-refractivity contribution < 1.29 is 4.79 Å². The van der Waals surface area contributed by atoms with Crippen LogP contribution in [0.15, 0.2) is 18.5 Å². The number of hydrogen-bond acceptors (Lipinski definition) is 4. The van der Waals surface area contributed by atoms with Crippen molar-refractivity contribution in [2.45, 2.75) is 20.4 Å². The van der Waals surface area contributed by atoms with Crippen molar-refractivity contribution in [1.29, 1.82) is 0 Å². The minimum Gasteiger partial charge on any atom is -0.398 e. The number of nitrogens with zero attached hydrogens (tertiary/aromatic N) is 3. The van der Waals surface area contributed by atoms with Crippen LogP contribution in [0.25, 0.3) is 0 Å². The highest BCUT2D eigenvalue weighted by atomic mass is 16.2. The summed E-state index contributed by atoms with van der Waals surface area (Å²) in [6.45, 7) is 4.21. The molecule has 0 bridgehead atoms. The lowest BCUT2D eigenvalue weighted by molar-refractivity contribution is 0.0781. The Balaban J connectivity index is 2.21. The summed E-state index contributed by atoms with van der Waals surface area (Å²) in [6.07, 6.45) is 1.42. The molecule has 0 saturated heterocycles. The van der Waals surface area contributed by atoms with Gasteiger partial charge in [0.15, 0.2) is 0 Å². The van der Waals surface area contributed by atoms with E-state index in [-0.39, 0.29) is 5.91 Å². The van der Waals surface area contributed by atoms with Gasteiger partial charge in [0.05, 0.1) is 6.54 Å². The van der Waals surface area contributed by atoms with Gasteiger partial charge in [-0.15, -0.1) is 0 Å². The van der Waals surface area contributed by atoms with E-state index >= 15 is 0 Å². The summed E-state index contributed by atoms with van der Waals surface area (Å²) in [5, 5.41) is 6.49. The molecule has 3 N–H and O–H groups in total. The summed E-state index contributed by atoms with van der Waals surface area (Å²) in [4.78, 5) is 17.9. The van der Waals surface area contributed by atoms with Crippen molar-refractivity contribution >= 4 is 11.6 Å². The zero-order chi connectivity index (χ0) is 14.0. The lowest BCUT2D eigenvalue weighted by Gasteiger charge is -2.17. The molecule has 0 unspecified atom stereocenters. The fourth-order valence-corrected chi connectivity index (χ4v) is 1.91. The Kier molecular flexibility index (Phi) is 3.50. The molecule has 2 rings (SSSR count). The summed E-state index contributed by atoms with van der Waals surface area (Å²) in [5.41, 5.74) is 9.00. The smallest absolute Gasteiger partial charge is 0.254 e. The Bertz CT molecular complexity index is 591. The van der Waals surface area contributed by atoms with Gasteiger partial charge in [-0.25, -0.2) is 4.98 Å². The average Bonchev–Trinajstić information content (AvgIpc) is 2.85. The number of aromatic amines is 1. The van der Waals surface area contributed by atoms with Gasteiger partial charge < -0.3 is 10.6 Å². The van der Waals surface area contributed by atoms with Crippen LogP contribution in [-0.4, -0.2) is 33.0 Å². The number of rotatable bonds is 3. The third-order valence-corrected chi connectivity index (χ3v) is 3.04. The Morgan fingerprint density at radius 3 is 2.74 bits per heavy atom. The highest BCUT2D eigenvalue weighted by Crippen LogP contribution is 2.19. The third kappa shape index (κ3) is 2.73. The maximum Gasteiger partial charge on any atom is 0.254 e. The quantitative estimate of drug-likeness (QED) is 0.813. The molecule has 19 heavy (non-hydrogen) atoms. The van der Waals surface area contributed by atoms with E-state index in [4.69, 9.17) is 5.73 Å². The number of hydrogen-bond donors (Lipinski definition) is 2. The second-order valence-electron chi connectivity index (χ2n) is 4.62. The first-order valence-corrected chi connectivity index (χ1v) is 5.95. The molecule has 0 fully saturated rings. The molecule has 0 saturated carbocycles. The standard InChI is InChI=1S/C13H17N5O/c1-8-4-9(2)11(14)5-10(8)13(19)18(3)6-12-15-7-16-17-12/h4-5,7H,6,14H2,1-3H3,(H,15,16,17). The van der Waals surface area contributed by atoms with E-state index in [9.17, 15) is 4.79 Å². The number of carbonyl (C=O) groups is 1. The number of nitrogens with two attached hydrogens (primary N) is 1. The number of aromatic nitrogens is 3. The van der Waals surface area contributed by atoms with E-state index in [1.54, 1.807) is 18.0 Å². The lowest BCUT2D eigenvalue weighted by Crippen LogP contribution is -2.27. The van der Waals surface area contributed by atoms with Crippen molar-refractivity contribution in [3.8, 4) is 0 Å². The SMILES string of the molecule is Cc1cc(C)c(C(=O)N(C)Cc2ncn[nH]2)cc1N. The minimum atomic E-state index is -0.0828. The lowest BCUT2D eigenvalue weighted by atomic mass is 10.0. The number of anilines is 1. The largest absolute Gasteiger partial charge is 0.398 e. The minimum absolute atomic E-state index is 0.0828. The van der Waals surface area contributed by atoms with Gasteiger partial charge in [0.25, 0.3) is 5.91 Å². The van der Waals surface area contributed by atoms with E-state index in [0.29, 0.717) is 23.6 Å². The molecule has 0 atom stereocenters. The Labute approximate surface area is 111 Å². The number of carbonyl (C=O) groups excluding carboxylic acids is 1. The van der Waals surface area contributed by atoms with Crippen LogP contribution in [0.3, 0.4) is 0 Å². The first kappa shape index (κ1) is 13.1. The molecular formula is C13H17N5O. The molecule has 2 aromatic rings. The van der Waals surface area contributed by atoms with Crippen LogP contribution in [0, 0.1) is 13.8 Å². The summed E-state index contributed by atoms with van der Waals surface area (Å²) < 4.78 is 0. The highest BCUT2D eigenvalue weighted by molar-refractivity contribution is 5.96. The van der Waals surface area contributed by atoms with Crippen LogP contribution < -0.4 is 5.73 Å². The van der Waals surface area contributed by atoms with Crippen molar-refractivity contribution in [3.05, 3.63) is 41.0 Å². The molecule has 1 aromatic carbocycles. The average molecular weight is 259 g/mol. The van der Waals surface area contributed by atoms with Crippen molar-refractivity contribution in [2.75, 3.05) is 12.8 Å². The van der Waals surface area contributed by atoms with Gasteiger partial charge in [-0.1, -0.05) is 6.07 Å². The van der Waals surface area contributed by atoms with Crippen LogP contribution in [0.1, 0.15) is 27.3 Å². The first-order chi connectivity index (χ1) is 8.99. The zero-order valence-electron chi connectivity index (χ0n) is 11.3. The molecular weight excluding hydrogens is 242 g/mol. The van der Waals surface area contributed by atoms with Crippen molar-refractivity contribution in [3.63, 3.8) is 0 Å². The van der Waals surface area contributed by atoms with Gasteiger partial charge in [-0.2, -0.15) is 5.10 Å². The van der Waals surface area contributed by atoms with Crippen molar-refractivity contribution in [2.24, 2.45) is 0 Å². The number of amides is 1. The predicted octanol–water partition coefficient (Wildman–Crippen LogP) is 1.28. The van der Waals surface area contributed by atoms with E-state index < -0.39 is 0 Å². The van der Waals surface area contributed by atoms with E-state index in [0.717, 1.165) is 11.1 Å². The van der Waals surface area contributed by atoms with Crippen LogP contribution in [0.2, 0.25) is 0 Å². The van der Waals surface area contributed by atoms with Gasteiger partial charge in [0.2, 0.25) is 0 Å². The van der Waals surface area contributed by atoms with E-state index in [2.05, 4.69) is 15.2 Å². The van der Waals surface area contributed by atoms with Crippen LogP contribution in [0.4, 0.5) is 5.69 Å². The molecule has 6 heteroatoms. The molecule has 0 aliphatic carbocycles. The molecule has 0 aliphatic rings. The molecule has 1 aromatic heterocycles. The summed E-state index contributed by atoms with van der Waals surface area (Å²) >= 11 is 0. The van der Waals surface area contributed by atoms with Crippen LogP contribution in [0.5, 0.6) is 0 Å². The second-order valence-corrected chi connectivity index (χ2v) is 4.62. The normalized spacial score (nSPS) is 10.5. The number of nitrogen functional groups attached to an aromatic ring is 1. The topological polar surface area (TPSA) is 87.9 Å². The van der Waals surface area contributed by atoms with Gasteiger partial charge in [-0.05, 0) is 31.0 Å². The predicted molar refractivity (Wildman–Crippen MR) is 72.5 cm³/mol. The molecule has 0 spiro atoms. The second kappa shape index (κ2) is 5.09. The number of aryl methyl sites for hydroxylation is 2. The molecule has 6 nitrogen and oxygen atoms in total. The number of nitrogens with one attached hydrogen (secondary N) is 1. The summed E-state index contributed by atoms with van der Waals surface area (Å²) in [6, 6.07) is 3.65. The van der Waals surface area contributed by atoms with Gasteiger partial charge in [-0.3, -0.25) is 9.89 Å². The Hall–Kier alpha value is -2.37. The summed E-state index contributed by atoms with van der Waals surface area (Å²) in [5.74, 6) is 0.564. The Morgan fingerprint density at radius 1 is 1.37 bits per heavy atom. The van der Waals surface area contributed by atoms with Crippen LogP contribution in [-0.2, 0) is 6.54 Å². The summed E-state index contributed by atoms with van der Waals surface area (Å²) in [7, 11) is 1.72. The fourth-order valence-electron chi connectivity index (χ4n) is 1.91. The fraction of sp³-hybridized carbons (Fsp3) is 0.308. The van der Waals surface area contributed by atoms with Gasteiger partial charge in [0, 0.05) is 18.3 Å². The van der Waals surface area contributed by atoms with Gasteiger partial charge in [0.1, 0.15) is 12.2 Å². The highest BCUT2D eigenvalue weighted by Gasteiger charge is 2.16. The molecule has 1 amide bonds. The first-order valence-electron chi connectivity index (χ1n) is 5.95. The third-order valence-electron chi connectivity index (χ3n) is 3.04. The van der Waals surface area contributed by atoms with Crippen LogP contribution >= 0.6 is 0 Å². The molecule has 100 valence electrons. The van der Waals surface area contributed by atoms with E-state index in [1.807, 2.05) is 19.9 Å². The maximum atomic E-state index is 12.4. The maximum absolute atomic E-state index is 12.4. The zero-order valence-corrected chi connectivity index (χ0v) is 11.3. The molecule has 0 aliphatic heterocycles. The van der Waals surface area contributed by atoms with Gasteiger partial charge >= 0.3 is 0 Å². The Morgan fingerprint density at radius 2 is 2.11 bits per heavy atom. The van der Waals surface area contributed by atoms with Crippen molar-refractivity contribution in [1.82, 2.24) is 20.1 Å². The number of H-pyrrole nitrogens is 1. The molecule has 1 heterocycles. The monoisotopic (exact) mass is 259 g/mol.